The fourth-order valence-corrected chi connectivity index (χ4v) is 3.26. The van der Waals surface area contributed by atoms with Gasteiger partial charge in [-0.15, -0.1) is 11.3 Å². The van der Waals surface area contributed by atoms with E-state index in [0.717, 1.165) is 16.2 Å². The summed E-state index contributed by atoms with van der Waals surface area (Å²) in [4.78, 5) is 26.2. The van der Waals surface area contributed by atoms with Gasteiger partial charge in [-0.1, -0.05) is 36.4 Å². The number of carbonyl (C=O) groups is 2. The Morgan fingerprint density at radius 2 is 1.76 bits per heavy atom. The minimum atomic E-state index is -0.350. The van der Waals surface area contributed by atoms with Crippen molar-refractivity contribution >= 4 is 29.2 Å². The first-order chi connectivity index (χ1) is 14.2. The van der Waals surface area contributed by atoms with Gasteiger partial charge in [0.15, 0.2) is 0 Å². The van der Waals surface area contributed by atoms with Gasteiger partial charge in [0, 0.05) is 17.0 Å². The number of benzene rings is 2. The van der Waals surface area contributed by atoms with Crippen LogP contribution in [0.2, 0.25) is 0 Å². The van der Waals surface area contributed by atoms with Gasteiger partial charge in [0.1, 0.15) is 11.4 Å². The number of amides is 2. The zero-order valence-electron chi connectivity index (χ0n) is 16.1. The molecule has 0 aliphatic carbocycles. The third-order valence-electron chi connectivity index (χ3n) is 4.05. The molecule has 0 radical (unpaired) electrons. The van der Waals surface area contributed by atoms with Crippen LogP contribution in [0.5, 0.6) is 5.75 Å². The number of thiophene rings is 1. The Morgan fingerprint density at radius 1 is 1.00 bits per heavy atom. The van der Waals surface area contributed by atoms with Crippen LogP contribution in [0, 0.1) is 0 Å². The largest absolute Gasteiger partial charge is 0.494 e. The zero-order valence-corrected chi connectivity index (χ0v) is 16.9. The van der Waals surface area contributed by atoms with Gasteiger partial charge in [0.25, 0.3) is 11.8 Å². The molecule has 0 fully saturated rings. The Labute approximate surface area is 174 Å². The highest BCUT2D eigenvalue weighted by atomic mass is 32.1. The molecule has 2 aromatic carbocycles. The van der Waals surface area contributed by atoms with Gasteiger partial charge in [-0.05, 0) is 54.3 Å². The van der Waals surface area contributed by atoms with Crippen molar-refractivity contribution in [2.45, 2.75) is 13.5 Å². The van der Waals surface area contributed by atoms with E-state index < -0.39 is 0 Å². The van der Waals surface area contributed by atoms with E-state index in [1.807, 2.05) is 54.8 Å². The summed E-state index contributed by atoms with van der Waals surface area (Å²) in [6.07, 6.45) is 1.68. The van der Waals surface area contributed by atoms with E-state index in [2.05, 4.69) is 10.6 Å². The quantitative estimate of drug-likeness (QED) is 0.550. The van der Waals surface area contributed by atoms with Crippen LogP contribution in [0.4, 0.5) is 0 Å². The van der Waals surface area contributed by atoms with E-state index in [0.29, 0.717) is 18.7 Å². The lowest BCUT2D eigenvalue weighted by Crippen LogP contribution is -2.34. The monoisotopic (exact) mass is 406 g/mol. The van der Waals surface area contributed by atoms with E-state index in [9.17, 15) is 9.59 Å². The van der Waals surface area contributed by atoms with E-state index in [4.69, 9.17) is 4.74 Å². The second-order valence-electron chi connectivity index (χ2n) is 6.15. The molecule has 29 heavy (non-hydrogen) atoms. The molecular weight excluding hydrogens is 384 g/mol. The topological polar surface area (TPSA) is 67.4 Å². The maximum Gasteiger partial charge on any atom is 0.268 e. The Morgan fingerprint density at radius 3 is 2.41 bits per heavy atom. The molecular formula is C23H22N2O3S. The Bertz CT molecular complexity index is 965. The molecule has 6 heteroatoms. The highest BCUT2D eigenvalue weighted by molar-refractivity contribution is 7.10. The van der Waals surface area contributed by atoms with Gasteiger partial charge >= 0.3 is 0 Å². The van der Waals surface area contributed by atoms with Crippen LogP contribution >= 0.6 is 11.3 Å². The van der Waals surface area contributed by atoms with E-state index in [1.54, 1.807) is 30.3 Å². The lowest BCUT2D eigenvalue weighted by atomic mass is 10.2. The molecule has 0 aliphatic rings. The van der Waals surface area contributed by atoms with Crippen LogP contribution < -0.4 is 15.4 Å². The lowest BCUT2D eigenvalue weighted by Gasteiger charge is -2.11. The van der Waals surface area contributed by atoms with Gasteiger partial charge in [-0.3, -0.25) is 9.59 Å². The zero-order chi connectivity index (χ0) is 20.5. The van der Waals surface area contributed by atoms with E-state index in [-0.39, 0.29) is 17.5 Å². The van der Waals surface area contributed by atoms with Crippen LogP contribution in [0.1, 0.15) is 27.7 Å². The average Bonchev–Trinajstić information content (AvgIpc) is 3.26. The van der Waals surface area contributed by atoms with Crippen molar-refractivity contribution in [3.63, 3.8) is 0 Å². The molecule has 3 rings (SSSR count). The number of carbonyl (C=O) groups excluding carboxylic acids is 2. The van der Waals surface area contributed by atoms with Gasteiger partial charge in [-0.2, -0.15) is 0 Å². The smallest absolute Gasteiger partial charge is 0.268 e. The molecule has 148 valence electrons. The first kappa shape index (κ1) is 20.4. The summed E-state index contributed by atoms with van der Waals surface area (Å²) in [5, 5.41) is 7.51. The van der Waals surface area contributed by atoms with Crippen molar-refractivity contribution in [2.75, 3.05) is 6.61 Å². The van der Waals surface area contributed by atoms with Gasteiger partial charge < -0.3 is 15.4 Å². The molecule has 0 spiro atoms. The predicted molar refractivity (Wildman–Crippen MR) is 116 cm³/mol. The first-order valence-corrected chi connectivity index (χ1v) is 10.1. The van der Waals surface area contributed by atoms with Crippen LogP contribution in [0.15, 0.2) is 77.8 Å². The minimum Gasteiger partial charge on any atom is -0.494 e. The number of rotatable bonds is 8. The fourth-order valence-electron chi connectivity index (χ4n) is 2.61. The molecule has 0 atom stereocenters. The summed E-state index contributed by atoms with van der Waals surface area (Å²) in [6.45, 7) is 2.88. The maximum atomic E-state index is 12.8. The molecule has 0 aliphatic heterocycles. The molecule has 0 saturated heterocycles. The van der Waals surface area contributed by atoms with Crippen molar-refractivity contribution in [2.24, 2.45) is 0 Å². The molecule has 1 heterocycles. The van der Waals surface area contributed by atoms with Crippen molar-refractivity contribution in [1.82, 2.24) is 10.6 Å². The summed E-state index contributed by atoms with van der Waals surface area (Å²) in [7, 11) is 0. The first-order valence-electron chi connectivity index (χ1n) is 9.27. The normalized spacial score (nSPS) is 11.0. The summed E-state index contributed by atoms with van der Waals surface area (Å²) in [6, 6.07) is 20.1. The second kappa shape index (κ2) is 10.2. The average molecular weight is 407 g/mol. The van der Waals surface area contributed by atoms with Crippen molar-refractivity contribution in [3.8, 4) is 5.75 Å². The summed E-state index contributed by atoms with van der Waals surface area (Å²) >= 11 is 1.49. The standard InChI is InChI=1S/C23H22N2O3S/c1-2-28-19-12-10-17(11-13-19)16-24-23(27)21(15-20-9-6-14-29-20)25-22(26)18-7-4-3-5-8-18/h3-15H,2,16H2,1H3,(H,24,27)(H,25,26)/b21-15-. The Balaban J connectivity index is 1.70. The Kier molecular flexibility index (Phi) is 7.19. The van der Waals surface area contributed by atoms with E-state index in [1.165, 1.54) is 11.3 Å². The van der Waals surface area contributed by atoms with Crippen LogP contribution in [0.25, 0.3) is 6.08 Å². The van der Waals surface area contributed by atoms with Crippen LogP contribution in [0.3, 0.4) is 0 Å². The second-order valence-corrected chi connectivity index (χ2v) is 7.13. The number of nitrogens with one attached hydrogen (secondary N) is 2. The maximum absolute atomic E-state index is 12.8. The number of hydrogen-bond donors (Lipinski definition) is 2. The van der Waals surface area contributed by atoms with Gasteiger partial charge in [-0.25, -0.2) is 0 Å². The molecule has 2 amide bonds. The molecule has 2 N–H and O–H groups in total. The van der Waals surface area contributed by atoms with E-state index >= 15 is 0 Å². The highest BCUT2D eigenvalue weighted by Crippen LogP contribution is 2.14. The van der Waals surface area contributed by atoms with Crippen molar-refractivity contribution in [3.05, 3.63) is 93.8 Å². The molecule has 0 unspecified atom stereocenters. The lowest BCUT2D eigenvalue weighted by molar-refractivity contribution is -0.117. The number of ether oxygens (including phenoxy) is 1. The Hall–Kier alpha value is -3.38. The van der Waals surface area contributed by atoms with Crippen LogP contribution in [-0.2, 0) is 11.3 Å². The minimum absolute atomic E-state index is 0.201. The molecule has 1 aromatic heterocycles. The third-order valence-corrected chi connectivity index (χ3v) is 4.87. The summed E-state index contributed by atoms with van der Waals surface area (Å²) in [5.74, 6) is 0.108. The fraction of sp³-hybridized carbons (Fsp3) is 0.130. The van der Waals surface area contributed by atoms with Gasteiger partial charge in [0.05, 0.1) is 6.61 Å². The highest BCUT2D eigenvalue weighted by Gasteiger charge is 2.14. The molecule has 0 bridgehead atoms. The predicted octanol–water partition coefficient (Wildman–Crippen LogP) is 4.23. The molecule has 0 saturated carbocycles. The molecule has 3 aromatic rings. The summed E-state index contributed by atoms with van der Waals surface area (Å²) in [5.41, 5.74) is 1.63. The summed E-state index contributed by atoms with van der Waals surface area (Å²) < 4.78 is 5.43. The number of hydrogen-bond acceptors (Lipinski definition) is 4. The SMILES string of the molecule is CCOc1ccc(CNC(=O)/C(=C/c2cccs2)NC(=O)c2ccccc2)cc1. The van der Waals surface area contributed by atoms with Crippen molar-refractivity contribution in [1.29, 1.82) is 0 Å². The van der Waals surface area contributed by atoms with Crippen molar-refractivity contribution < 1.29 is 14.3 Å². The third kappa shape index (κ3) is 6.05. The van der Waals surface area contributed by atoms with Gasteiger partial charge in [0.2, 0.25) is 0 Å². The molecule has 5 nitrogen and oxygen atoms in total. The van der Waals surface area contributed by atoms with Crippen LogP contribution in [-0.4, -0.2) is 18.4 Å².